The van der Waals surface area contributed by atoms with Gasteiger partial charge in [0, 0.05) is 31.4 Å². The zero-order valence-electron chi connectivity index (χ0n) is 12.9. The van der Waals surface area contributed by atoms with Crippen LogP contribution in [0.4, 0.5) is 0 Å². The molecule has 0 saturated heterocycles. The van der Waals surface area contributed by atoms with Gasteiger partial charge in [0.05, 0.1) is 5.69 Å². The monoisotopic (exact) mass is 263 g/mol. The van der Waals surface area contributed by atoms with Crippen LogP contribution in [0, 0.1) is 6.92 Å². The third kappa shape index (κ3) is 6.69. The van der Waals surface area contributed by atoms with Gasteiger partial charge in [0.25, 0.3) is 0 Å². The third-order valence-electron chi connectivity index (χ3n) is 3.42. The summed E-state index contributed by atoms with van der Waals surface area (Å²) in [6, 6.07) is 6.88. The topological polar surface area (TPSA) is 28.2 Å². The fraction of sp³-hybridized carbons (Fsp3) is 0.688. The zero-order valence-corrected chi connectivity index (χ0v) is 12.9. The van der Waals surface area contributed by atoms with E-state index in [1.54, 1.807) is 0 Å². The van der Waals surface area contributed by atoms with Crippen LogP contribution in [-0.4, -0.2) is 35.6 Å². The Kier molecular flexibility index (Phi) is 7.68. The van der Waals surface area contributed by atoms with Gasteiger partial charge in [0.1, 0.15) is 0 Å². The predicted octanol–water partition coefficient (Wildman–Crippen LogP) is 2.99. The fourth-order valence-corrected chi connectivity index (χ4v) is 2.27. The first-order valence-electron chi connectivity index (χ1n) is 7.54. The van der Waals surface area contributed by atoms with Gasteiger partial charge < -0.3 is 5.32 Å². The number of aryl methyl sites for hydroxylation is 1. The summed E-state index contributed by atoms with van der Waals surface area (Å²) in [6.07, 6.45) is 2.50. The third-order valence-corrected chi connectivity index (χ3v) is 3.42. The first kappa shape index (κ1) is 16.1. The van der Waals surface area contributed by atoms with Crippen LogP contribution in [0.15, 0.2) is 18.2 Å². The molecular weight excluding hydrogens is 234 g/mol. The largest absolute Gasteiger partial charge is 0.313 e. The van der Waals surface area contributed by atoms with Crippen LogP contribution >= 0.6 is 0 Å². The van der Waals surface area contributed by atoms with E-state index in [9.17, 15) is 0 Å². The molecule has 0 amide bonds. The Hall–Kier alpha value is -0.930. The van der Waals surface area contributed by atoms with E-state index >= 15 is 0 Å². The van der Waals surface area contributed by atoms with Gasteiger partial charge in [-0.1, -0.05) is 26.3 Å². The maximum Gasteiger partial charge on any atom is 0.0547 e. The lowest BCUT2D eigenvalue weighted by Gasteiger charge is -2.21. The molecule has 1 unspecified atom stereocenters. The van der Waals surface area contributed by atoms with Crippen LogP contribution in [-0.2, 0) is 6.54 Å². The number of nitrogens with one attached hydrogen (secondary N) is 1. The van der Waals surface area contributed by atoms with Crippen molar-refractivity contribution in [1.82, 2.24) is 15.2 Å². The molecule has 0 aliphatic rings. The lowest BCUT2D eigenvalue weighted by molar-refractivity contribution is 0.271. The Morgan fingerprint density at radius 1 is 1.32 bits per heavy atom. The van der Waals surface area contributed by atoms with E-state index in [2.05, 4.69) is 48.1 Å². The molecule has 0 fully saturated rings. The van der Waals surface area contributed by atoms with E-state index in [0.29, 0.717) is 6.04 Å². The second-order valence-corrected chi connectivity index (χ2v) is 5.28. The average molecular weight is 263 g/mol. The molecule has 1 heterocycles. The number of rotatable bonds is 9. The van der Waals surface area contributed by atoms with Crippen LogP contribution < -0.4 is 5.32 Å². The molecule has 1 aromatic heterocycles. The summed E-state index contributed by atoms with van der Waals surface area (Å²) in [5.41, 5.74) is 2.27. The molecule has 1 N–H and O–H groups in total. The van der Waals surface area contributed by atoms with Gasteiger partial charge in [-0.05, 0) is 38.9 Å². The van der Waals surface area contributed by atoms with E-state index in [1.807, 2.05) is 13.0 Å². The van der Waals surface area contributed by atoms with Crippen molar-refractivity contribution >= 4 is 0 Å². The number of aromatic nitrogens is 1. The Morgan fingerprint density at radius 3 is 2.74 bits per heavy atom. The number of nitrogens with zero attached hydrogens (tertiary/aromatic N) is 2. The van der Waals surface area contributed by atoms with Gasteiger partial charge in [-0.25, -0.2) is 0 Å². The Balaban J connectivity index is 2.33. The van der Waals surface area contributed by atoms with Crippen molar-refractivity contribution in [3.05, 3.63) is 29.6 Å². The molecule has 19 heavy (non-hydrogen) atoms. The lowest BCUT2D eigenvalue weighted by atomic mass is 10.2. The summed E-state index contributed by atoms with van der Waals surface area (Å²) in [6.45, 7) is 12.9. The molecule has 0 spiro atoms. The van der Waals surface area contributed by atoms with Crippen LogP contribution in [0.5, 0.6) is 0 Å². The number of hydrogen-bond acceptors (Lipinski definition) is 3. The maximum atomic E-state index is 4.57. The minimum atomic E-state index is 0.626. The van der Waals surface area contributed by atoms with E-state index in [-0.39, 0.29) is 0 Å². The van der Waals surface area contributed by atoms with Gasteiger partial charge >= 0.3 is 0 Å². The quantitative estimate of drug-likeness (QED) is 0.742. The molecule has 0 radical (unpaired) electrons. The van der Waals surface area contributed by atoms with E-state index in [0.717, 1.165) is 31.9 Å². The molecule has 108 valence electrons. The highest BCUT2D eigenvalue weighted by atomic mass is 15.1. The van der Waals surface area contributed by atoms with Crippen molar-refractivity contribution in [3.63, 3.8) is 0 Å². The van der Waals surface area contributed by atoms with Crippen molar-refractivity contribution in [3.8, 4) is 0 Å². The zero-order chi connectivity index (χ0) is 14.1. The Bertz CT molecular complexity index is 352. The minimum Gasteiger partial charge on any atom is -0.313 e. The van der Waals surface area contributed by atoms with Crippen LogP contribution in [0.2, 0.25) is 0 Å². The van der Waals surface area contributed by atoms with E-state index in [1.165, 1.54) is 18.5 Å². The van der Waals surface area contributed by atoms with Crippen LogP contribution in [0.3, 0.4) is 0 Å². The van der Waals surface area contributed by atoms with Crippen molar-refractivity contribution in [2.75, 3.05) is 19.6 Å². The molecule has 1 rings (SSSR count). The van der Waals surface area contributed by atoms with Crippen molar-refractivity contribution in [2.24, 2.45) is 0 Å². The highest BCUT2D eigenvalue weighted by molar-refractivity contribution is 5.09. The lowest BCUT2D eigenvalue weighted by Crippen LogP contribution is -2.35. The molecule has 1 atom stereocenters. The summed E-state index contributed by atoms with van der Waals surface area (Å²) < 4.78 is 0. The molecular formula is C16H29N3. The van der Waals surface area contributed by atoms with Gasteiger partial charge in [0.2, 0.25) is 0 Å². The number of pyridine rings is 1. The van der Waals surface area contributed by atoms with Crippen LogP contribution in [0.1, 0.15) is 45.0 Å². The predicted molar refractivity (Wildman–Crippen MR) is 82.3 cm³/mol. The second kappa shape index (κ2) is 9.05. The van der Waals surface area contributed by atoms with Gasteiger partial charge in [-0.3, -0.25) is 9.88 Å². The summed E-state index contributed by atoms with van der Waals surface area (Å²) in [5, 5.41) is 3.58. The average Bonchev–Trinajstić information content (AvgIpc) is 2.38. The molecule has 0 aromatic carbocycles. The number of hydrogen-bond donors (Lipinski definition) is 1. The summed E-state index contributed by atoms with van der Waals surface area (Å²) in [4.78, 5) is 7.01. The fourth-order valence-electron chi connectivity index (χ4n) is 2.27. The molecule has 1 aromatic rings. The standard InChI is InChI=1S/C16H29N3/c1-5-8-14(3)17-11-12-19(6-2)13-16-10-7-9-15(4)18-16/h7,9-10,14,17H,5-6,8,11-13H2,1-4H3. The molecule has 3 heteroatoms. The minimum absolute atomic E-state index is 0.626. The van der Waals surface area contributed by atoms with Crippen molar-refractivity contribution < 1.29 is 0 Å². The molecule has 0 saturated carbocycles. The SMILES string of the molecule is CCCC(C)NCCN(CC)Cc1cccc(C)n1. The van der Waals surface area contributed by atoms with E-state index in [4.69, 9.17) is 0 Å². The summed E-state index contributed by atoms with van der Waals surface area (Å²) >= 11 is 0. The van der Waals surface area contributed by atoms with Gasteiger partial charge in [0.15, 0.2) is 0 Å². The van der Waals surface area contributed by atoms with Gasteiger partial charge in [-0.15, -0.1) is 0 Å². The maximum absolute atomic E-state index is 4.57. The Labute approximate surface area is 118 Å². The van der Waals surface area contributed by atoms with E-state index < -0.39 is 0 Å². The second-order valence-electron chi connectivity index (χ2n) is 5.28. The normalized spacial score (nSPS) is 12.9. The number of likely N-dealkylation sites (N-methyl/N-ethyl adjacent to an activating group) is 1. The smallest absolute Gasteiger partial charge is 0.0547 e. The molecule has 0 aliphatic carbocycles. The van der Waals surface area contributed by atoms with Crippen molar-refractivity contribution in [1.29, 1.82) is 0 Å². The first-order chi connectivity index (χ1) is 9.15. The summed E-state index contributed by atoms with van der Waals surface area (Å²) in [7, 11) is 0. The Morgan fingerprint density at radius 2 is 2.11 bits per heavy atom. The van der Waals surface area contributed by atoms with Crippen LogP contribution in [0.25, 0.3) is 0 Å². The van der Waals surface area contributed by atoms with Gasteiger partial charge in [-0.2, -0.15) is 0 Å². The first-order valence-corrected chi connectivity index (χ1v) is 7.54. The molecule has 3 nitrogen and oxygen atoms in total. The van der Waals surface area contributed by atoms with Crippen molar-refractivity contribution in [2.45, 2.75) is 53.1 Å². The summed E-state index contributed by atoms with van der Waals surface area (Å²) in [5.74, 6) is 0. The molecule has 0 aliphatic heterocycles. The highest BCUT2D eigenvalue weighted by Gasteiger charge is 2.06. The molecule has 0 bridgehead atoms. The highest BCUT2D eigenvalue weighted by Crippen LogP contribution is 2.03.